The number of rotatable bonds is 6. The first-order chi connectivity index (χ1) is 9.27. The Morgan fingerprint density at radius 1 is 1.45 bits per heavy atom. The van der Waals surface area contributed by atoms with Crippen molar-refractivity contribution in [3.8, 4) is 0 Å². The molecule has 0 aromatic carbocycles. The molecule has 0 radical (unpaired) electrons. The van der Waals surface area contributed by atoms with Crippen molar-refractivity contribution in [1.82, 2.24) is 10.2 Å². The minimum Gasteiger partial charge on any atom is -0.480 e. The predicted molar refractivity (Wildman–Crippen MR) is 74.3 cm³/mol. The fourth-order valence-corrected chi connectivity index (χ4v) is 3.95. The first-order valence-electron chi connectivity index (χ1n) is 6.75. The number of nitrogens with one attached hydrogen (secondary N) is 1. The first kappa shape index (κ1) is 16.7. The summed E-state index contributed by atoms with van der Waals surface area (Å²) in [6, 6.07) is -0.741. The third kappa shape index (κ3) is 4.36. The minimum atomic E-state index is -3.11. The molecule has 1 aliphatic rings. The van der Waals surface area contributed by atoms with E-state index in [-0.39, 0.29) is 18.3 Å². The summed E-state index contributed by atoms with van der Waals surface area (Å²) >= 11 is 0. The van der Waals surface area contributed by atoms with Crippen LogP contribution in [0.4, 0.5) is 4.79 Å². The Bertz CT molecular complexity index is 462. The maximum absolute atomic E-state index is 12.0. The second-order valence-electron chi connectivity index (χ2n) is 5.10. The molecule has 1 saturated heterocycles. The SMILES string of the molecule is CCC(C)N(CC(=O)O)C(=O)NCC1CCCS1(=O)=O. The van der Waals surface area contributed by atoms with Crippen LogP contribution in [0.5, 0.6) is 0 Å². The Kier molecular flexibility index (Phi) is 5.79. The van der Waals surface area contributed by atoms with Crippen molar-refractivity contribution in [2.75, 3.05) is 18.8 Å². The van der Waals surface area contributed by atoms with E-state index in [1.54, 1.807) is 6.92 Å². The summed E-state index contributed by atoms with van der Waals surface area (Å²) in [7, 11) is -3.11. The molecule has 1 aliphatic heterocycles. The van der Waals surface area contributed by atoms with Gasteiger partial charge in [0, 0.05) is 12.6 Å². The third-order valence-corrected chi connectivity index (χ3v) is 5.91. The highest BCUT2D eigenvalue weighted by molar-refractivity contribution is 7.92. The Labute approximate surface area is 119 Å². The summed E-state index contributed by atoms with van der Waals surface area (Å²) in [5, 5.41) is 10.8. The molecule has 0 aliphatic carbocycles. The molecule has 1 heterocycles. The molecule has 0 saturated carbocycles. The molecule has 0 spiro atoms. The van der Waals surface area contributed by atoms with Crippen molar-refractivity contribution in [3.63, 3.8) is 0 Å². The zero-order chi connectivity index (χ0) is 15.3. The van der Waals surface area contributed by atoms with Crippen LogP contribution in [-0.2, 0) is 14.6 Å². The van der Waals surface area contributed by atoms with Gasteiger partial charge < -0.3 is 15.3 Å². The molecule has 8 heteroatoms. The number of amides is 2. The van der Waals surface area contributed by atoms with Gasteiger partial charge in [-0.3, -0.25) is 4.79 Å². The van der Waals surface area contributed by atoms with Crippen LogP contribution in [0.25, 0.3) is 0 Å². The quantitative estimate of drug-likeness (QED) is 0.742. The van der Waals surface area contributed by atoms with Crippen molar-refractivity contribution < 1.29 is 23.1 Å². The lowest BCUT2D eigenvalue weighted by Crippen LogP contribution is -2.49. The van der Waals surface area contributed by atoms with E-state index in [1.807, 2.05) is 6.92 Å². The number of sulfone groups is 1. The molecule has 2 N–H and O–H groups in total. The first-order valence-corrected chi connectivity index (χ1v) is 8.47. The highest BCUT2D eigenvalue weighted by Crippen LogP contribution is 2.19. The Hall–Kier alpha value is -1.31. The summed E-state index contributed by atoms with van der Waals surface area (Å²) in [4.78, 5) is 24.0. The van der Waals surface area contributed by atoms with Gasteiger partial charge in [0.05, 0.1) is 11.0 Å². The van der Waals surface area contributed by atoms with Crippen LogP contribution >= 0.6 is 0 Å². The third-order valence-electron chi connectivity index (χ3n) is 3.63. The molecule has 7 nitrogen and oxygen atoms in total. The Morgan fingerprint density at radius 3 is 2.55 bits per heavy atom. The largest absolute Gasteiger partial charge is 0.480 e. The minimum absolute atomic E-state index is 0.0493. The van der Waals surface area contributed by atoms with E-state index >= 15 is 0 Å². The van der Waals surface area contributed by atoms with Gasteiger partial charge in [0.25, 0.3) is 0 Å². The molecule has 2 unspecified atom stereocenters. The molecule has 0 bridgehead atoms. The van der Waals surface area contributed by atoms with Gasteiger partial charge in [-0.2, -0.15) is 0 Å². The van der Waals surface area contributed by atoms with Crippen LogP contribution < -0.4 is 5.32 Å². The van der Waals surface area contributed by atoms with Crippen LogP contribution in [0.1, 0.15) is 33.1 Å². The maximum Gasteiger partial charge on any atom is 0.323 e. The number of carboxylic acids is 1. The number of carbonyl (C=O) groups is 2. The summed E-state index contributed by atoms with van der Waals surface area (Å²) < 4.78 is 23.3. The molecule has 2 atom stereocenters. The Balaban J connectivity index is 2.60. The average Bonchev–Trinajstić information content (AvgIpc) is 2.71. The standard InChI is InChI=1S/C12H22N2O5S/c1-3-9(2)14(8-11(15)16)12(17)13-7-10-5-4-6-20(10,18)19/h9-10H,3-8H2,1-2H3,(H,13,17)(H,15,16). The molecule has 2 amide bonds. The van der Waals surface area contributed by atoms with Crippen LogP contribution in [-0.4, -0.2) is 60.6 Å². The molecule has 0 aromatic heterocycles. The van der Waals surface area contributed by atoms with Crippen LogP contribution in [0.3, 0.4) is 0 Å². The number of hydrogen-bond acceptors (Lipinski definition) is 4. The summed E-state index contributed by atoms with van der Waals surface area (Å²) in [6.45, 7) is 3.27. The van der Waals surface area contributed by atoms with Gasteiger partial charge in [0.15, 0.2) is 9.84 Å². The summed E-state index contributed by atoms with van der Waals surface area (Å²) in [6.07, 6.45) is 1.79. The van der Waals surface area contributed by atoms with Crippen molar-refractivity contribution in [2.45, 2.75) is 44.4 Å². The maximum atomic E-state index is 12.0. The van der Waals surface area contributed by atoms with E-state index in [1.165, 1.54) is 4.90 Å². The topological polar surface area (TPSA) is 104 Å². The Morgan fingerprint density at radius 2 is 2.10 bits per heavy atom. The molecular weight excluding hydrogens is 284 g/mol. The lowest BCUT2D eigenvalue weighted by Gasteiger charge is -2.27. The van der Waals surface area contributed by atoms with E-state index in [4.69, 9.17) is 5.11 Å². The second-order valence-corrected chi connectivity index (χ2v) is 7.50. The highest BCUT2D eigenvalue weighted by atomic mass is 32.2. The monoisotopic (exact) mass is 306 g/mol. The second kappa shape index (κ2) is 6.92. The van der Waals surface area contributed by atoms with E-state index in [0.29, 0.717) is 19.3 Å². The van der Waals surface area contributed by atoms with Gasteiger partial charge in [0.2, 0.25) is 0 Å². The normalized spacial score (nSPS) is 22.2. The van der Waals surface area contributed by atoms with Crippen LogP contribution in [0, 0.1) is 0 Å². The number of urea groups is 1. The average molecular weight is 306 g/mol. The fraction of sp³-hybridized carbons (Fsp3) is 0.833. The molecule has 0 aromatic rings. The van der Waals surface area contributed by atoms with Gasteiger partial charge in [-0.05, 0) is 26.2 Å². The van der Waals surface area contributed by atoms with Crippen molar-refractivity contribution in [2.24, 2.45) is 0 Å². The van der Waals surface area contributed by atoms with Gasteiger partial charge in [0.1, 0.15) is 6.54 Å². The van der Waals surface area contributed by atoms with E-state index in [2.05, 4.69) is 5.32 Å². The molecule has 1 rings (SSSR count). The highest BCUT2D eigenvalue weighted by Gasteiger charge is 2.32. The van der Waals surface area contributed by atoms with Gasteiger partial charge in [-0.25, -0.2) is 13.2 Å². The van der Waals surface area contributed by atoms with Crippen molar-refractivity contribution in [3.05, 3.63) is 0 Å². The van der Waals surface area contributed by atoms with Crippen LogP contribution in [0.2, 0.25) is 0 Å². The number of carboxylic acid groups (broad SMARTS) is 1. The zero-order valence-electron chi connectivity index (χ0n) is 11.8. The molecule has 116 valence electrons. The van der Waals surface area contributed by atoms with Crippen molar-refractivity contribution in [1.29, 1.82) is 0 Å². The molecule has 20 heavy (non-hydrogen) atoms. The van der Waals surface area contributed by atoms with Gasteiger partial charge in [-0.1, -0.05) is 6.92 Å². The predicted octanol–water partition coefficient (Wildman–Crippen LogP) is 0.458. The lowest BCUT2D eigenvalue weighted by molar-refractivity contribution is -0.138. The fourth-order valence-electron chi connectivity index (χ4n) is 2.18. The summed E-state index contributed by atoms with van der Waals surface area (Å²) in [5.41, 5.74) is 0. The van der Waals surface area contributed by atoms with E-state index < -0.39 is 33.6 Å². The number of aliphatic carboxylic acids is 1. The van der Waals surface area contributed by atoms with E-state index in [9.17, 15) is 18.0 Å². The van der Waals surface area contributed by atoms with Crippen molar-refractivity contribution >= 4 is 21.8 Å². The van der Waals surface area contributed by atoms with Gasteiger partial charge in [-0.15, -0.1) is 0 Å². The zero-order valence-corrected chi connectivity index (χ0v) is 12.6. The van der Waals surface area contributed by atoms with E-state index in [0.717, 1.165) is 0 Å². The number of hydrogen-bond donors (Lipinski definition) is 2. The lowest BCUT2D eigenvalue weighted by atomic mass is 10.2. The smallest absolute Gasteiger partial charge is 0.323 e. The summed E-state index contributed by atoms with van der Waals surface area (Å²) in [5.74, 6) is -0.925. The number of nitrogens with zero attached hydrogens (tertiary/aromatic N) is 1. The molecular formula is C12H22N2O5S. The van der Waals surface area contributed by atoms with Gasteiger partial charge >= 0.3 is 12.0 Å². The number of carbonyl (C=O) groups excluding carboxylic acids is 1. The van der Waals surface area contributed by atoms with Crippen LogP contribution in [0.15, 0.2) is 0 Å². The molecule has 1 fully saturated rings.